The van der Waals surface area contributed by atoms with Gasteiger partial charge in [-0.15, -0.1) is 0 Å². The largest absolute Gasteiger partial charge is 0.192 e. The maximum atomic E-state index is 11.1. The Labute approximate surface area is 313 Å². The van der Waals surface area contributed by atoms with E-state index in [0.717, 1.165) is 100 Å². The molecule has 0 saturated heterocycles. The summed E-state index contributed by atoms with van der Waals surface area (Å²) in [5, 5.41) is 33.3. The van der Waals surface area contributed by atoms with E-state index in [1.54, 1.807) is 0 Å². The van der Waals surface area contributed by atoms with Crippen LogP contribution in [0.1, 0.15) is 50.1 Å². The zero-order valence-corrected chi connectivity index (χ0v) is 28.9. The highest BCUT2D eigenvalue weighted by molar-refractivity contribution is 6.29. The first-order chi connectivity index (χ1) is 26.7. The molecule has 0 atom stereocenters. The lowest BCUT2D eigenvalue weighted by molar-refractivity contribution is 1.51. The van der Waals surface area contributed by atoms with Crippen molar-refractivity contribution in [3.63, 3.8) is 0 Å². The molecule has 10 rings (SSSR count). The zero-order valence-electron chi connectivity index (χ0n) is 28.9. The fourth-order valence-electron chi connectivity index (χ4n) is 8.86. The van der Waals surface area contributed by atoms with E-state index < -0.39 is 0 Å². The van der Waals surface area contributed by atoms with Crippen LogP contribution in [-0.4, -0.2) is 0 Å². The number of benzene rings is 7. The summed E-state index contributed by atoms with van der Waals surface area (Å²) in [6.45, 7) is 0. The second-order valence-corrected chi connectivity index (χ2v) is 13.6. The molecule has 0 bridgehead atoms. The summed E-state index contributed by atoms with van der Waals surface area (Å²) in [6.07, 6.45) is 0. The number of hydrogen-bond donors (Lipinski definition) is 0. The van der Waals surface area contributed by atoms with E-state index in [1.807, 2.05) is 109 Å². The summed E-state index contributed by atoms with van der Waals surface area (Å²) >= 11 is 0. The van der Waals surface area contributed by atoms with Crippen LogP contribution in [0, 0.1) is 34.0 Å². The predicted octanol–water partition coefficient (Wildman–Crippen LogP) is 12.1. The van der Waals surface area contributed by atoms with Gasteiger partial charge in [0.05, 0.1) is 16.7 Å². The number of fused-ring (bicyclic) bond motifs is 12. The van der Waals surface area contributed by atoms with Crippen molar-refractivity contribution in [2.24, 2.45) is 0 Å². The molecule has 0 unspecified atom stereocenters. The standard InChI is InChI=1S/C51H27N3/c52-28-40(31-16-4-1-5-17-31)43-34-22-10-13-25-37(34)46-49(43)47-38-26-14-11-23-35(38)44(41(29-53)32-18-6-2-7-19-32)51(47)48-39-27-15-12-24-36(39)45(50(46)48)42(30-54)33-20-8-3-9-21-33/h1-27H. The molecule has 0 saturated carbocycles. The third-order valence-corrected chi connectivity index (χ3v) is 10.9. The summed E-state index contributed by atoms with van der Waals surface area (Å²) < 4.78 is 0. The second-order valence-electron chi connectivity index (χ2n) is 13.6. The smallest absolute Gasteiger partial charge is 0.100 e. The molecule has 3 heteroatoms. The van der Waals surface area contributed by atoms with Crippen LogP contribution in [0.15, 0.2) is 164 Å². The van der Waals surface area contributed by atoms with Gasteiger partial charge in [0.25, 0.3) is 0 Å². The van der Waals surface area contributed by atoms with Gasteiger partial charge in [-0.1, -0.05) is 164 Å². The van der Waals surface area contributed by atoms with Crippen LogP contribution in [0.2, 0.25) is 0 Å². The van der Waals surface area contributed by atoms with Crippen molar-refractivity contribution in [2.45, 2.75) is 0 Å². The first-order valence-corrected chi connectivity index (χ1v) is 17.9. The average Bonchev–Trinajstić information content (AvgIpc) is 3.87. The molecule has 3 aliphatic carbocycles. The normalized spacial score (nSPS) is 15.3. The zero-order chi connectivity index (χ0) is 36.3. The minimum atomic E-state index is 0.576. The fourth-order valence-corrected chi connectivity index (χ4v) is 8.86. The number of rotatable bonds is 3. The van der Waals surface area contributed by atoms with Crippen LogP contribution in [-0.2, 0) is 0 Å². The Kier molecular flexibility index (Phi) is 6.99. The van der Waals surface area contributed by atoms with Gasteiger partial charge in [0.1, 0.15) is 18.2 Å². The van der Waals surface area contributed by atoms with Gasteiger partial charge in [-0.25, -0.2) is 0 Å². The van der Waals surface area contributed by atoms with Crippen LogP contribution in [0.4, 0.5) is 0 Å². The SMILES string of the molecule is N#CC(=C1c2ccccc2-c2c1c1c(c3c2C(=C(C#N)c2ccccc2)c2ccccc2-3)C(=C(C#N)c2ccccc2)c2ccccc2-1)c1ccccc1. The van der Waals surface area contributed by atoms with Gasteiger partial charge >= 0.3 is 0 Å². The van der Waals surface area contributed by atoms with Crippen molar-refractivity contribution in [3.05, 3.63) is 214 Å². The number of nitrogens with zero attached hydrogens (tertiary/aromatic N) is 3. The van der Waals surface area contributed by atoms with Gasteiger partial charge in [-0.2, -0.15) is 15.8 Å². The lowest BCUT2D eigenvalue weighted by atomic mass is 9.81. The summed E-state index contributed by atoms with van der Waals surface area (Å²) in [4.78, 5) is 0. The van der Waals surface area contributed by atoms with Crippen LogP contribution in [0.3, 0.4) is 0 Å². The third-order valence-electron chi connectivity index (χ3n) is 10.9. The molecular weight excluding hydrogens is 655 g/mol. The maximum absolute atomic E-state index is 11.1. The molecule has 0 fully saturated rings. The Hall–Kier alpha value is -7.77. The maximum Gasteiger partial charge on any atom is 0.100 e. The van der Waals surface area contributed by atoms with Crippen LogP contribution in [0.25, 0.3) is 66.8 Å². The van der Waals surface area contributed by atoms with Gasteiger partial charge in [-0.3, -0.25) is 0 Å². The van der Waals surface area contributed by atoms with Crippen molar-refractivity contribution >= 4 is 33.4 Å². The van der Waals surface area contributed by atoms with Crippen molar-refractivity contribution in [1.29, 1.82) is 15.8 Å². The molecule has 54 heavy (non-hydrogen) atoms. The molecule has 3 nitrogen and oxygen atoms in total. The average molecular weight is 682 g/mol. The van der Waals surface area contributed by atoms with Gasteiger partial charge in [0.2, 0.25) is 0 Å². The lowest BCUT2D eigenvalue weighted by Gasteiger charge is -2.20. The molecule has 0 N–H and O–H groups in total. The van der Waals surface area contributed by atoms with E-state index >= 15 is 0 Å². The Bertz CT molecular complexity index is 2630. The molecule has 0 heterocycles. The van der Waals surface area contributed by atoms with E-state index in [1.165, 1.54) is 0 Å². The van der Waals surface area contributed by atoms with E-state index in [9.17, 15) is 15.8 Å². The molecule has 0 spiro atoms. The Morgan fingerprint density at radius 2 is 0.481 bits per heavy atom. The highest BCUT2D eigenvalue weighted by Gasteiger charge is 2.44. The van der Waals surface area contributed by atoms with Gasteiger partial charge < -0.3 is 0 Å². The number of allylic oxidation sites excluding steroid dienone is 3. The van der Waals surface area contributed by atoms with Crippen LogP contribution >= 0.6 is 0 Å². The van der Waals surface area contributed by atoms with E-state index in [2.05, 4.69) is 72.8 Å². The van der Waals surface area contributed by atoms with Gasteiger partial charge in [0.15, 0.2) is 0 Å². The fraction of sp³-hybridized carbons (Fsp3) is 0. The van der Waals surface area contributed by atoms with Crippen molar-refractivity contribution < 1.29 is 0 Å². The molecule has 0 amide bonds. The predicted molar refractivity (Wildman–Crippen MR) is 217 cm³/mol. The molecule has 0 radical (unpaired) electrons. The van der Waals surface area contributed by atoms with Crippen LogP contribution in [0.5, 0.6) is 0 Å². The first-order valence-electron chi connectivity index (χ1n) is 17.9. The Morgan fingerprint density at radius 3 is 0.722 bits per heavy atom. The molecule has 246 valence electrons. The first kappa shape index (κ1) is 31.0. The molecular formula is C51H27N3. The highest BCUT2D eigenvalue weighted by Crippen LogP contribution is 2.65. The Balaban J connectivity index is 1.51. The molecule has 3 aliphatic rings. The summed E-state index contributed by atoms with van der Waals surface area (Å²) in [5.74, 6) is 0. The topological polar surface area (TPSA) is 71.4 Å². The molecule has 0 aliphatic heterocycles. The van der Waals surface area contributed by atoms with E-state index in [0.29, 0.717) is 16.7 Å². The van der Waals surface area contributed by atoms with Crippen LogP contribution < -0.4 is 0 Å². The number of nitriles is 3. The summed E-state index contributed by atoms with van der Waals surface area (Å²) in [6, 6.07) is 62.6. The summed E-state index contributed by atoms with van der Waals surface area (Å²) in [5.41, 5.74) is 18.6. The minimum absolute atomic E-state index is 0.576. The van der Waals surface area contributed by atoms with Crippen molar-refractivity contribution in [2.75, 3.05) is 0 Å². The summed E-state index contributed by atoms with van der Waals surface area (Å²) in [7, 11) is 0. The number of hydrogen-bond acceptors (Lipinski definition) is 3. The highest BCUT2D eigenvalue weighted by atomic mass is 14.5. The lowest BCUT2D eigenvalue weighted by Crippen LogP contribution is -2.00. The van der Waals surface area contributed by atoms with Gasteiger partial charge in [-0.05, 0) is 66.8 Å². The molecule has 0 aromatic heterocycles. The monoisotopic (exact) mass is 681 g/mol. The van der Waals surface area contributed by atoms with Crippen molar-refractivity contribution in [3.8, 4) is 51.6 Å². The van der Waals surface area contributed by atoms with Gasteiger partial charge in [0, 0.05) is 33.4 Å². The Morgan fingerprint density at radius 1 is 0.259 bits per heavy atom. The minimum Gasteiger partial charge on any atom is -0.192 e. The van der Waals surface area contributed by atoms with E-state index in [-0.39, 0.29) is 0 Å². The molecule has 7 aromatic rings. The van der Waals surface area contributed by atoms with Crippen molar-refractivity contribution in [1.82, 2.24) is 0 Å². The quantitative estimate of drug-likeness (QED) is 0.174. The second kappa shape index (κ2) is 12.2. The third kappa shape index (κ3) is 4.26. The van der Waals surface area contributed by atoms with E-state index in [4.69, 9.17) is 0 Å². The molecule has 7 aromatic carbocycles.